The number of aromatic nitrogens is 1. The highest BCUT2D eigenvalue weighted by atomic mass is 16.7. The Kier molecular flexibility index (Phi) is 4.15. The lowest BCUT2D eigenvalue weighted by molar-refractivity contribution is 0.174. The third kappa shape index (κ3) is 3.14. The number of rotatable bonds is 5. The smallest absolute Gasteiger partial charge is 0.231 e. The van der Waals surface area contributed by atoms with Crippen LogP contribution >= 0.6 is 0 Å². The lowest BCUT2D eigenvalue weighted by atomic mass is 10.1. The van der Waals surface area contributed by atoms with Gasteiger partial charge in [0.25, 0.3) is 0 Å². The average Bonchev–Trinajstić information content (AvgIpc) is 2.95. The molecule has 5 heteroatoms. The van der Waals surface area contributed by atoms with Gasteiger partial charge in [0.2, 0.25) is 6.79 Å². The molecular weight excluding hydrogens is 278 g/mol. The van der Waals surface area contributed by atoms with Gasteiger partial charge < -0.3 is 14.4 Å². The lowest BCUT2D eigenvalue weighted by Crippen LogP contribution is -2.20. The van der Waals surface area contributed by atoms with E-state index in [0.717, 1.165) is 24.6 Å². The first kappa shape index (κ1) is 14.7. The predicted molar refractivity (Wildman–Crippen MR) is 86.3 cm³/mol. The van der Waals surface area contributed by atoms with Crippen molar-refractivity contribution >= 4 is 5.69 Å². The van der Waals surface area contributed by atoms with Gasteiger partial charge in [-0.25, -0.2) is 0 Å². The van der Waals surface area contributed by atoms with Crippen LogP contribution in [0.2, 0.25) is 0 Å². The molecule has 0 bridgehead atoms. The Morgan fingerprint density at radius 3 is 2.68 bits per heavy atom. The van der Waals surface area contributed by atoms with E-state index in [2.05, 4.69) is 48.1 Å². The van der Waals surface area contributed by atoms with E-state index in [1.54, 1.807) is 0 Å². The Bertz CT molecular complexity index is 658. The summed E-state index contributed by atoms with van der Waals surface area (Å²) in [5.74, 6) is 1.66. The maximum absolute atomic E-state index is 5.43. The van der Waals surface area contributed by atoms with Crippen molar-refractivity contribution in [1.82, 2.24) is 9.88 Å². The number of fused-ring (bicyclic) bond motifs is 1. The van der Waals surface area contributed by atoms with Gasteiger partial charge in [0.15, 0.2) is 11.5 Å². The molecule has 0 N–H and O–H groups in total. The fraction of sp³-hybridized carbons (Fsp3) is 0.353. The highest BCUT2D eigenvalue weighted by molar-refractivity contribution is 5.50. The minimum absolute atomic E-state index is 0.316. The van der Waals surface area contributed by atoms with Gasteiger partial charge in [0, 0.05) is 50.8 Å². The topological polar surface area (TPSA) is 37.8 Å². The minimum atomic E-state index is 0.316. The molecular formula is C17H21N3O2. The zero-order valence-corrected chi connectivity index (χ0v) is 13.2. The van der Waals surface area contributed by atoms with E-state index in [-0.39, 0.29) is 0 Å². The van der Waals surface area contributed by atoms with Crippen molar-refractivity contribution in [3.05, 3.63) is 47.8 Å². The number of pyridine rings is 1. The lowest BCUT2D eigenvalue weighted by Gasteiger charge is -2.21. The standard InChI is InChI=1S/C17H21N3O2/c1-19(2)15-6-7-18-9-14(15)11-20(3)10-13-4-5-16-17(8-13)22-12-21-16/h4-9H,10-12H2,1-3H3. The van der Waals surface area contributed by atoms with Gasteiger partial charge in [-0.05, 0) is 30.8 Å². The minimum Gasteiger partial charge on any atom is -0.454 e. The second-order valence-corrected chi connectivity index (χ2v) is 5.76. The second-order valence-electron chi connectivity index (χ2n) is 5.76. The molecule has 0 atom stereocenters. The summed E-state index contributed by atoms with van der Waals surface area (Å²) in [4.78, 5) is 8.63. The summed E-state index contributed by atoms with van der Waals surface area (Å²) in [5.41, 5.74) is 3.63. The molecule has 5 nitrogen and oxygen atoms in total. The zero-order chi connectivity index (χ0) is 15.5. The molecule has 0 unspecified atom stereocenters. The Morgan fingerprint density at radius 1 is 1.05 bits per heavy atom. The van der Waals surface area contributed by atoms with Crippen LogP contribution in [-0.4, -0.2) is 37.8 Å². The Morgan fingerprint density at radius 2 is 1.86 bits per heavy atom. The highest BCUT2D eigenvalue weighted by Gasteiger charge is 2.14. The number of hydrogen-bond donors (Lipinski definition) is 0. The van der Waals surface area contributed by atoms with Crippen LogP contribution in [0.1, 0.15) is 11.1 Å². The third-order valence-electron chi connectivity index (χ3n) is 3.69. The van der Waals surface area contributed by atoms with Crippen molar-refractivity contribution in [2.24, 2.45) is 0 Å². The molecule has 2 aromatic rings. The molecule has 1 aromatic carbocycles. The van der Waals surface area contributed by atoms with E-state index in [1.807, 2.05) is 24.5 Å². The van der Waals surface area contributed by atoms with E-state index in [4.69, 9.17) is 9.47 Å². The van der Waals surface area contributed by atoms with Crippen LogP contribution in [-0.2, 0) is 13.1 Å². The Labute approximate surface area is 131 Å². The van der Waals surface area contributed by atoms with E-state index in [0.29, 0.717) is 6.79 Å². The maximum Gasteiger partial charge on any atom is 0.231 e. The molecule has 0 fully saturated rings. The molecule has 0 saturated heterocycles. The van der Waals surface area contributed by atoms with E-state index in [9.17, 15) is 0 Å². The number of benzene rings is 1. The first-order valence-electron chi connectivity index (χ1n) is 7.31. The van der Waals surface area contributed by atoms with Gasteiger partial charge in [-0.15, -0.1) is 0 Å². The normalized spacial score (nSPS) is 12.7. The molecule has 22 heavy (non-hydrogen) atoms. The van der Waals surface area contributed by atoms with Crippen LogP contribution in [0.5, 0.6) is 11.5 Å². The number of hydrogen-bond acceptors (Lipinski definition) is 5. The molecule has 0 radical (unpaired) electrons. The third-order valence-corrected chi connectivity index (χ3v) is 3.69. The van der Waals surface area contributed by atoms with Gasteiger partial charge in [-0.3, -0.25) is 9.88 Å². The molecule has 1 aromatic heterocycles. The van der Waals surface area contributed by atoms with Crippen molar-refractivity contribution in [2.75, 3.05) is 32.8 Å². The van der Waals surface area contributed by atoms with Gasteiger partial charge in [-0.1, -0.05) is 6.07 Å². The van der Waals surface area contributed by atoms with Crippen molar-refractivity contribution in [3.8, 4) is 11.5 Å². The van der Waals surface area contributed by atoms with Crippen LogP contribution in [0.25, 0.3) is 0 Å². The number of nitrogens with zero attached hydrogens (tertiary/aromatic N) is 3. The SMILES string of the molecule is CN(Cc1ccc2c(c1)OCO2)Cc1cnccc1N(C)C. The summed E-state index contributed by atoms with van der Waals surface area (Å²) in [6, 6.07) is 8.15. The molecule has 2 heterocycles. The van der Waals surface area contributed by atoms with E-state index < -0.39 is 0 Å². The first-order chi connectivity index (χ1) is 10.6. The molecule has 1 aliphatic rings. The van der Waals surface area contributed by atoms with Crippen LogP contribution in [0, 0.1) is 0 Å². The van der Waals surface area contributed by atoms with E-state index >= 15 is 0 Å². The number of anilines is 1. The molecule has 0 spiro atoms. The zero-order valence-electron chi connectivity index (χ0n) is 13.2. The quantitative estimate of drug-likeness (QED) is 0.848. The van der Waals surface area contributed by atoms with E-state index in [1.165, 1.54) is 16.8 Å². The van der Waals surface area contributed by atoms with Crippen LogP contribution in [0.15, 0.2) is 36.7 Å². The predicted octanol–water partition coefficient (Wildman–Crippen LogP) is 2.51. The maximum atomic E-state index is 5.43. The van der Waals surface area contributed by atoms with Gasteiger partial charge in [0.05, 0.1) is 0 Å². The van der Waals surface area contributed by atoms with Crippen molar-refractivity contribution in [2.45, 2.75) is 13.1 Å². The Hall–Kier alpha value is -2.27. The first-order valence-corrected chi connectivity index (χ1v) is 7.31. The summed E-state index contributed by atoms with van der Waals surface area (Å²) in [7, 11) is 6.21. The van der Waals surface area contributed by atoms with Gasteiger partial charge in [0.1, 0.15) is 0 Å². The van der Waals surface area contributed by atoms with Crippen LogP contribution in [0.4, 0.5) is 5.69 Å². The van der Waals surface area contributed by atoms with Crippen LogP contribution in [0.3, 0.4) is 0 Å². The molecule has 116 valence electrons. The van der Waals surface area contributed by atoms with Crippen molar-refractivity contribution < 1.29 is 9.47 Å². The fourth-order valence-corrected chi connectivity index (χ4v) is 2.68. The van der Waals surface area contributed by atoms with Crippen molar-refractivity contribution in [3.63, 3.8) is 0 Å². The van der Waals surface area contributed by atoms with Gasteiger partial charge in [-0.2, -0.15) is 0 Å². The molecule has 3 rings (SSSR count). The molecule has 0 aliphatic carbocycles. The average molecular weight is 299 g/mol. The number of ether oxygens (including phenoxy) is 2. The van der Waals surface area contributed by atoms with Gasteiger partial charge >= 0.3 is 0 Å². The summed E-state index contributed by atoms with van der Waals surface area (Å²) < 4.78 is 10.8. The fourth-order valence-electron chi connectivity index (χ4n) is 2.68. The van der Waals surface area contributed by atoms with Crippen LogP contribution < -0.4 is 14.4 Å². The second kappa shape index (κ2) is 6.23. The summed E-state index contributed by atoms with van der Waals surface area (Å²) in [6.07, 6.45) is 3.77. The summed E-state index contributed by atoms with van der Waals surface area (Å²) >= 11 is 0. The molecule has 0 amide bonds. The highest BCUT2D eigenvalue weighted by Crippen LogP contribution is 2.32. The monoisotopic (exact) mass is 299 g/mol. The van der Waals surface area contributed by atoms with Crippen molar-refractivity contribution in [1.29, 1.82) is 0 Å². The molecule has 1 aliphatic heterocycles. The summed E-state index contributed by atoms with van der Waals surface area (Å²) in [5, 5.41) is 0. The molecule has 0 saturated carbocycles. The summed E-state index contributed by atoms with van der Waals surface area (Å²) in [6.45, 7) is 2.00. The Balaban J connectivity index is 1.69. The largest absolute Gasteiger partial charge is 0.454 e.